The molecule has 1 N–H and O–H groups in total. The van der Waals surface area contributed by atoms with Crippen molar-refractivity contribution in [2.24, 2.45) is 0 Å². The molecule has 84 valence electrons. The predicted octanol–water partition coefficient (Wildman–Crippen LogP) is 3.22. The van der Waals surface area contributed by atoms with Gasteiger partial charge in [-0.1, -0.05) is 22.0 Å². The van der Waals surface area contributed by atoms with E-state index in [9.17, 15) is 13.2 Å². The lowest BCUT2D eigenvalue weighted by molar-refractivity contribution is -0.203. The van der Waals surface area contributed by atoms with Crippen LogP contribution in [-0.2, 0) is 6.42 Å². The number of aliphatic hydroxyl groups is 1. The van der Waals surface area contributed by atoms with Crippen molar-refractivity contribution in [2.75, 3.05) is 0 Å². The van der Waals surface area contributed by atoms with E-state index >= 15 is 0 Å². The number of aliphatic hydroxyl groups excluding tert-OH is 1. The first-order valence-electron chi connectivity index (χ1n) is 4.30. The van der Waals surface area contributed by atoms with Gasteiger partial charge in [-0.15, -0.1) is 0 Å². The van der Waals surface area contributed by atoms with Gasteiger partial charge in [0.1, 0.15) is 0 Å². The van der Waals surface area contributed by atoms with E-state index in [4.69, 9.17) is 5.11 Å². The van der Waals surface area contributed by atoms with Crippen molar-refractivity contribution in [2.45, 2.75) is 25.6 Å². The average molecular weight is 283 g/mol. The Hall–Kier alpha value is -0.550. The summed E-state index contributed by atoms with van der Waals surface area (Å²) in [6, 6.07) is 4.99. The molecule has 0 spiro atoms. The molecule has 1 rings (SSSR count). The molecule has 0 saturated carbocycles. The first kappa shape index (κ1) is 12.5. The highest BCUT2D eigenvalue weighted by molar-refractivity contribution is 9.10. The van der Waals surface area contributed by atoms with Gasteiger partial charge in [-0.2, -0.15) is 13.2 Å². The molecule has 1 aromatic rings. The Labute approximate surface area is 94.0 Å². The van der Waals surface area contributed by atoms with Gasteiger partial charge in [-0.05, 0) is 30.2 Å². The van der Waals surface area contributed by atoms with Crippen molar-refractivity contribution >= 4 is 15.9 Å². The highest BCUT2D eigenvalue weighted by atomic mass is 79.9. The molecule has 0 amide bonds. The van der Waals surface area contributed by atoms with Crippen molar-refractivity contribution in [3.05, 3.63) is 33.8 Å². The monoisotopic (exact) mass is 282 g/mol. The maximum atomic E-state index is 12.1. The lowest BCUT2D eigenvalue weighted by atomic mass is 10.1. The molecule has 0 bridgehead atoms. The van der Waals surface area contributed by atoms with Crippen LogP contribution in [0.15, 0.2) is 22.7 Å². The molecule has 0 aliphatic heterocycles. The van der Waals surface area contributed by atoms with Gasteiger partial charge in [0, 0.05) is 10.9 Å². The van der Waals surface area contributed by atoms with Crippen LogP contribution in [-0.4, -0.2) is 17.4 Å². The van der Waals surface area contributed by atoms with E-state index < -0.39 is 18.7 Å². The van der Waals surface area contributed by atoms with Crippen molar-refractivity contribution in [1.82, 2.24) is 0 Å². The minimum absolute atomic E-state index is 0.413. The SMILES string of the molecule is Cc1cc(Br)cc(CC(O)C(F)(F)F)c1. The fraction of sp³-hybridized carbons (Fsp3) is 0.400. The summed E-state index contributed by atoms with van der Waals surface area (Å²) < 4.78 is 36.9. The molecule has 0 fully saturated rings. The Bertz CT molecular complexity index is 329. The van der Waals surface area contributed by atoms with E-state index in [0.717, 1.165) is 5.56 Å². The number of benzene rings is 1. The molecule has 0 radical (unpaired) electrons. The molecule has 0 saturated heterocycles. The van der Waals surface area contributed by atoms with E-state index in [1.54, 1.807) is 25.1 Å². The molecule has 15 heavy (non-hydrogen) atoms. The number of alkyl halides is 3. The smallest absolute Gasteiger partial charge is 0.383 e. The summed E-state index contributed by atoms with van der Waals surface area (Å²) in [5.41, 5.74) is 1.32. The number of hydrogen-bond donors (Lipinski definition) is 1. The average Bonchev–Trinajstić information content (AvgIpc) is 1.99. The van der Waals surface area contributed by atoms with E-state index in [1.165, 1.54) is 0 Å². The molecular weight excluding hydrogens is 273 g/mol. The third-order valence-electron chi connectivity index (χ3n) is 1.91. The van der Waals surface area contributed by atoms with Crippen LogP contribution in [0.4, 0.5) is 13.2 Å². The lowest BCUT2D eigenvalue weighted by Gasteiger charge is -2.14. The highest BCUT2D eigenvalue weighted by Gasteiger charge is 2.37. The Morgan fingerprint density at radius 2 is 1.93 bits per heavy atom. The summed E-state index contributed by atoms with van der Waals surface area (Å²) in [6.07, 6.45) is -7.27. The van der Waals surface area contributed by atoms with Crippen molar-refractivity contribution in [1.29, 1.82) is 0 Å². The minimum atomic E-state index is -4.56. The topological polar surface area (TPSA) is 20.2 Å². The standard InChI is InChI=1S/C10H10BrF3O/c1-6-2-7(4-8(11)3-6)5-9(15)10(12,13)14/h2-4,9,15H,5H2,1H3. The maximum Gasteiger partial charge on any atom is 0.414 e. The van der Waals surface area contributed by atoms with Gasteiger partial charge in [-0.3, -0.25) is 0 Å². The van der Waals surface area contributed by atoms with Crippen molar-refractivity contribution < 1.29 is 18.3 Å². The zero-order valence-corrected chi connectivity index (χ0v) is 9.56. The first-order chi connectivity index (χ1) is 6.79. The lowest BCUT2D eigenvalue weighted by Crippen LogP contribution is -2.30. The minimum Gasteiger partial charge on any atom is -0.383 e. The molecule has 1 aromatic carbocycles. The van der Waals surface area contributed by atoms with E-state index in [1.807, 2.05) is 0 Å². The van der Waals surface area contributed by atoms with Crippen LogP contribution in [0.1, 0.15) is 11.1 Å². The van der Waals surface area contributed by atoms with Gasteiger partial charge in [0.25, 0.3) is 0 Å². The largest absolute Gasteiger partial charge is 0.414 e. The van der Waals surface area contributed by atoms with Crippen molar-refractivity contribution in [3.8, 4) is 0 Å². The van der Waals surface area contributed by atoms with Gasteiger partial charge in [0.2, 0.25) is 0 Å². The number of hydrogen-bond acceptors (Lipinski definition) is 1. The molecule has 0 aromatic heterocycles. The van der Waals surface area contributed by atoms with Gasteiger partial charge in [-0.25, -0.2) is 0 Å². The van der Waals surface area contributed by atoms with Crippen LogP contribution in [0.25, 0.3) is 0 Å². The molecule has 5 heteroatoms. The normalized spacial score (nSPS) is 14.0. The Kier molecular flexibility index (Phi) is 3.78. The van der Waals surface area contributed by atoms with Gasteiger partial charge in [0.05, 0.1) is 0 Å². The number of halogens is 4. The summed E-state index contributed by atoms with van der Waals surface area (Å²) in [7, 11) is 0. The fourth-order valence-electron chi connectivity index (χ4n) is 1.27. The van der Waals surface area contributed by atoms with E-state index in [0.29, 0.717) is 10.0 Å². The fourth-order valence-corrected chi connectivity index (χ4v) is 1.92. The third kappa shape index (κ3) is 3.83. The summed E-state index contributed by atoms with van der Waals surface area (Å²) in [4.78, 5) is 0. The molecule has 1 nitrogen and oxygen atoms in total. The zero-order valence-electron chi connectivity index (χ0n) is 7.98. The molecule has 1 unspecified atom stereocenters. The number of rotatable bonds is 2. The van der Waals surface area contributed by atoms with Crippen LogP contribution >= 0.6 is 15.9 Å². The Balaban J connectivity index is 2.81. The zero-order chi connectivity index (χ0) is 11.6. The second-order valence-corrected chi connectivity index (χ2v) is 4.31. The van der Waals surface area contributed by atoms with Crippen LogP contribution in [0.2, 0.25) is 0 Å². The maximum absolute atomic E-state index is 12.1. The summed E-state index contributed by atoms with van der Waals surface area (Å²) in [5, 5.41) is 8.88. The number of aryl methyl sites for hydroxylation is 1. The van der Waals surface area contributed by atoms with E-state index in [-0.39, 0.29) is 0 Å². The molecule has 0 heterocycles. The third-order valence-corrected chi connectivity index (χ3v) is 2.37. The predicted molar refractivity (Wildman–Crippen MR) is 54.6 cm³/mol. The van der Waals surface area contributed by atoms with Crippen LogP contribution in [0.3, 0.4) is 0 Å². The van der Waals surface area contributed by atoms with E-state index in [2.05, 4.69) is 15.9 Å². The summed E-state index contributed by atoms with van der Waals surface area (Å²) in [5.74, 6) is 0. The van der Waals surface area contributed by atoms with Crippen LogP contribution < -0.4 is 0 Å². The Morgan fingerprint density at radius 3 is 2.40 bits per heavy atom. The van der Waals surface area contributed by atoms with Gasteiger partial charge < -0.3 is 5.11 Å². The van der Waals surface area contributed by atoms with Gasteiger partial charge in [0.15, 0.2) is 6.10 Å². The molecule has 0 aliphatic rings. The van der Waals surface area contributed by atoms with Crippen LogP contribution in [0.5, 0.6) is 0 Å². The quantitative estimate of drug-likeness (QED) is 0.883. The van der Waals surface area contributed by atoms with Gasteiger partial charge >= 0.3 is 6.18 Å². The first-order valence-corrected chi connectivity index (χ1v) is 5.09. The second kappa shape index (κ2) is 4.53. The second-order valence-electron chi connectivity index (χ2n) is 3.40. The van der Waals surface area contributed by atoms with Crippen molar-refractivity contribution in [3.63, 3.8) is 0 Å². The molecule has 1 atom stereocenters. The summed E-state index contributed by atoms with van der Waals surface area (Å²) in [6.45, 7) is 1.79. The Morgan fingerprint density at radius 1 is 1.33 bits per heavy atom. The highest BCUT2D eigenvalue weighted by Crippen LogP contribution is 2.24. The molecular formula is C10H10BrF3O. The molecule has 0 aliphatic carbocycles. The van der Waals surface area contributed by atoms with Crippen LogP contribution in [0, 0.1) is 6.92 Å². The summed E-state index contributed by atoms with van der Waals surface area (Å²) >= 11 is 3.19.